The first kappa shape index (κ1) is 21.5. The van der Waals surface area contributed by atoms with E-state index in [1.807, 2.05) is 0 Å². The predicted octanol–water partition coefficient (Wildman–Crippen LogP) is 0.802. The fourth-order valence-corrected chi connectivity index (χ4v) is 3.11. The van der Waals surface area contributed by atoms with Crippen LogP contribution in [0.4, 0.5) is 5.69 Å². The Balaban J connectivity index is 0.00000280. The van der Waals surface area contributed by atoms with Gasteiger partial charge < -0.3 is 10.2 Å². The number of carbonyl (C=O) groups excluding carboxylic acids is 3. The molecule has 150 valence electrons. The van der Waals surface area contributed by atoms with E-state index in [2.05, 4.69) is 10.3 Å². The summed E-state index contributed by atoms with van der Waals surface area (Å²) in [7, 11) is 3.52. The number of nitrogens with one attached hydrogen (secondary N) is 1. The number of aryl methyl sites for hydroxylation is 1. The quantitative estimate of drug-likeness (QED) is 0.752. The summed E-state index contributed by atoms with van der Waals surface area (Å²) < 4.78 is 1.01. The van der Waals surface area contributed by atoms with E-state index in [-0.39, 0.29) is 48.9 Å². The number of nitrogens with zero attached hydrogens (tertiary/aromatic N) is 4. The van der Waals surface area contributed by atoms with Crippen molar-refractivity contribution in [3.63, 3.8) is 0 Å². The summed E-state index contributed by atoms with van der Waals surface area (Å²) >= 11 is 0. The molecule has 1 N–H and O–H groups in total. The first-order valence-electron chi connectivity index (χ1n) is 8.62. The molecule has 2 heterocycles. The Kier molecular flexibility index (Phi) is 6.52. The summed E-state index contributed by atoms with van der Waals surface area (Å²) in [6.07, 6.45) is 0.850. The molecule has 1 saturated heterocycles. The third-order valence-electron chi connectivity index (χ3n) is 4.23. The maximum atomic E-state index is 13.2. The van der Waals surface area contributed by atoms with E-state index in [9.17, 15) is 19.2 Å². The predicted molar refractivity (Wildman–Crippen MR) is 107 cm³/mol. The third kappa shape index (κ3) is 4.05. The lowest BCUT2D eigenvalue weighted by molar-refractivity contribution is -0.131. The Morgan fingerprint density at radius 2 is 1.82 bits per heavy atom. The van der Waals surface area contributed by atoms with Gasteiger partial charge in [-0.1, -0.05) is 6.07 Å². The molecule has 0 unspecified atom stereocenters. The summed E-state index contributed by atoms with van der Waals surface area (Å²) in [5.41, 5.74) is 0.109. The topological polar surface area (TPSA) is 105 Å². The minimum atomic E-state index is -0.568. The van der Waals surface area contributed by atoms with Gasteiger partial charge in [0.05, 0.1) is 23.1 Å². The number of benzene rings is 1. The molecule has 1 aromatic carbocycles. The normalized spacial score (nSPS) is 14.4. The van der Waals surface area contributed by atoms with Gasteiger partial charge in [0.15, 0.2) is 0 Å². The highest BCUT2D eigenvalue weighted by Gasteiger charge is 2.30. The van der Waals surface area contributed by atoms with Gasteiger partial charge in [0.2, 0.25) is 17.7 Å². The first-order chi connectivity index (χ1) is 12.8. The molecule has 0 aliphatic carbocycles. The lowest BCUT2D eigenvalue weighted by atomic mass is 10.1. The molecular formula is C18H22ClN5O4. The van der Waals surface area contributed by atoms with E-state index in [1.54, 1.807) is 44.1 Å². The van der Waals surface area contributed by atoms with Crippen LogP contribution >= 0.6 is 12.4 Å². The standard InChI is InChI=1S/C18H21N5O4.ClH/c1-11-19-12-6-4-7-13(20-14(24)10-21(2)3)17(12)18(27)22(11)23-15(25)8-5-9-16(23)26;/h4,6-7H,5,8-10H2,1-3H3,(H,20,24);1H. The summed E-state index contributed by atoms with van der Waals surface area (Å²) in [4.78, 5) is 55.9. The fourth-order valence-electron chi connectivity index (χ4n) is 3.11. The highest BCUT2D eigenvalue weighted by Crippen LogP contribution is 2.20. The summed E-state index contributed by atoms with van der Waals surface area (Å²) in [6, 6.07) is 4.93. The molecule has 2 aromatic rings. The Labute approximate surface area is 167 Å². The van der Waals surface area contributed by atoms with E-state index in [4.69, 9.17) is 0 Å². The fraction of sp³-hybridized carbons (Fsp3) is 0.389. The van der Waals surface area contributed by atoms with Crippen LogP contribution < -0.4 is 15.9 Å². The Morgan fingerprint density at radius 3 is 2.43 bits per heavy atom. The number of anilines is 1. The molecule has 0 spiro atoms. The lowest BCUT2D eigenvalue weighted by Gasteiger charge is -2.27. The average molecular weight is 408 g/mol. The van der Waals surface area contributed by atoms with Gasteiger partial charge in [-0.25, -0.2) is 4.98 Å². The number of likely N-dealkylation sites (N-methyl/N-ethyl adjacent to an activating group) is 1. The second-order valence-corrected chi connectivity index (χ2v) is 6.71. The van der Waals surface area contributed by atoms with Crippen LogP contribution in [0, 0.1) is 6.92 Å². The molecule has 1 aliphatic heterocycles. The van der Waals surface area contributed by atoms with Crippen LogP contribution in [0.2, 0.25) is 0 Å². The zero-order valence-corrected chi connectivity index (χ0v) is 16.7. The van der Waals surface area contributed by atoms with Gasteiger partial charge in [-0.2, -0.15) is 9.69 Å². The third-order valence-corrected chi connectivity index (χ3v) is 4.23. The number of piperidine rings is 1. The molecular weight excluding hydrogens is 386 g/mol. The van der Waals surface area contributed by atoms with Gasteiger partial charge in [-0.05, 0) is 39.6 Å². The van der Waals surface area contributed by atoms with Crippen LogP contribution in [0.15, 0.2) is 23.0 Å². The molecule has 3 amide bonds. The molecule has 10 heteroatoms. The van der Waals surface area contributed by atoms with E-state index in [1.165, 1.54) is 0 Å². The van der Waals surface area contributed by atoms with Crippen LogP contribution in [0.3, 0.4) is 0 Å². The van der Waals surface area contributed by atoms with Crippen LogP contribution in [0.5, 0.6) is 0 Å². The smallest absolute Gasteiger partial charge is 0.283 e. The van der Waals surface area contributed by atoms with Crippen molar-refractivity contribution < 1.29 is 14.4 Å². The van der Waals surface area contributed by atoms with Crippen molar-refractivity contribution in [1.82, 2.24) is 14.6 Å². The van der Waals surface area contributed by atoms with Crippen molar-refractivity contribution in [3.8, 4) is 0 Å². The molecule has 1 fully saturated rings. The number of aromatic nitrogens is 2. The van der Waals surface area contributed by atoms with E-state index >= 15 is 0 Å². The highest BCUT2D eigenvalue weighted by molar-refractivity contribution is 6.10. The van der Waals surface area contributed by atoms with Gasteiger partial charge in [-0.3, -0.25) is 19.2 Å². The zero-order valence-electron chi connectivity index (χ0n) is 15.9. The number of amides is 3. The molecule has 0 bridgehead atoms. The summed E-state index contributed by atoms with van der Waals surface area (Å²) in [6.45, 7) is 1.71. The van der Waals surface area contributed by atoms with Crippen molar-refractivity contribution >= 4 is 46.7 Å². The monoisotopic (exact) mass is 407 g/mol. The molecule has 1 aliphatic rings. The van der Waals surface area contributed by atoms with Crippen molar-refractivity contribution in [2.24, 2.45) is 0 Å². The Bertz CT molecular complexity index is 985. The van der Waals surface area contributed by atoms with Gasteiger partial charge in [-0.15, -0.1) is 12.4 Å². The summed E-state index contributed by atoms with van der Waals surface area (Å²) in [5, 5.41) is 3.73. The van der Waals surface area contributed by atoms with Crippen molar-refractivity contribution in [3.05, 3.63) is 34.4 Å². The van der Waals surface area contributed by atoms with Gasteiger partial charge >= 0.3 is 0 Å². The van der Waals surface area contributed by atoms with E-state index < -0.39 is 17.4 Å². The average Bonchev–Trinajstić information content (AvgIpc) is 2.56. The molecule has 28 heavy (non-hydrogen) atoms. The molecule has 1 aromatic heterocycles. The minimum absolute atomic E-state index is 0. The van der Waals surface area contributed by atoms with Gasteiger partial charge in [0.25, 0.3) is 5.56 Å². The Hall–Kier alpha value is -2.78. The Morgan fingerprint density at radius 1 is 1.18 bits per heavy atom. The zero-order chi connectivity index (χ0) is 19.7. The maximum Gasteiger partial charge on any atom is 0.283 e. The van der Waals surface area contributed by atoms with Gasteiger partial charge in [0.1, 0.15) is 5.82 Å². The number of halogens is 1. The van der Waals surface area contributed by atoms with Crippen LogP contribution in [-0.4, -0.2) is 52.9 Å². The minimum Gasteiger partial charge on any atom is -0.324 e. The highest BCUT2D eigenvalue weighted by atomic mass is 35.5. The van der Waals surface area contributed by atoms with Crippen molar-refractivity contribution in [2.75, 3.05) is 31.0 Å². The number of imide groups is 1. The molecule has 0 atom stereocenters. The lowest BCUT2D eigenvalue weighted by Crippen LogP contribution is -2.53. The van der Waals surface area contributed by atoms with Crippen LogP contribution in [0.25, 0.3) is 10.9 Å². The number of rotatable bonds is 4. The van der Waals surface area contributed by atoms with E-state index in [0.29, 0.717) is 17.6 Å². The second kappa shape index (κ2) is 8.49. The molecule has 0 saturated carbocycles. The van der Waals surface area contributed by atoms with Crippen molar-refractivity contribution in [2.45, 2.75) is 26.2 Å². The van der Waals surface area contributed by atoms with Crippen LogP contribution in [0.1, 0.15) is 25.1 Å². The molecule has 3 rings (SSSR count). The summed E-state index contributed by atoms with van der Waals surface area (Å²) in [5.74, 6) is -0.935. The number of hydrogen-bond acceptors (Lipinski definition) is 6. The number of hydrogen-bond donors (Lipinski definition) is 1. The van der Waals surface area contributed by atoms with Crippen molar-refractivity contribution in [1.29, 1.82) is 0 Å². The van der Waals surface area contributed by atoms with E-state index in [0.717, 1.165) is 9.69 Å². The maximum absolute atomic E-state index is 13.2. The largest absolute Gasteiger partial charge is 0.324 e. The number of fused-ring (bicyclic) bond motifs is 1. The molecule has 0 radical (unpaired) electrons. The molecule has 9 nitrogen and oxygen atoms in total. The second-order valence-electron chi connectivity index (χ2n) is 6.71. The number of carbonyl (C=O) groups is 3. The van der Waals surface area contributed by atoms with Crippen LogP contribution in [-0.2, 0) is 14.4 Å². The SMILES string of the molecule is Cc1nc2cccc(NC(=O)CN(C)C)c2c(=O)n1N1C(=O)CCCC1=O.Cl. The first-order valence-corrected chi connectivity index (χ1v) is 8.62. The van der Waals surface area contributed by atoms with Gasteiger partial charge in [0, 0.05) is 12.8 Å².